The van der Waals surface area contributed by atoms with Crippen molar-refractivity contribution in [2.45, 2.75) is 6.92 Å². The maximum atomic E-state index is 8.05. The van der Waals surface area contributed by atoms with Crippen LogP contribution in [0.1, 0.15) is 6.92 Å². The lowest BCUT2D eigenvalue weighted by Gasteiger charge is -2.05. The fourth-order valence-electron chi connectivity index (χ4n) is 0.194. The van der Waals surface area contributed by atoms with Crippen molar-refractivity contribution in [3.63, 3.8) is 0 Å². The van der Waals surface area contributed by atoms with E-state index >= 15 is 0 Å². The lowest BCUT2D eigenvalue weighted by molar-refractivity contribution is 0.0687. The van der Waals surface area contributed by atoms with E-state index < -0.39 is 9.05 Å². The summed E-state index contributed by atoms with van der Waals surface area (Å²) in [5, 5.41) is 0. The van der Waals surface area contributed by atoms with E-state index in [2.05, 4.69) is 4.43 Å². The van der Waals surface area contributed by atoms with Gasteiger partial charge in [0.1, 0.15) is 0 Å². The van der Waals surface area contributed by atoms with Gasteiger partial charge in [0.2, 0.25) is 0 Å². The molecule has 0 bridgehead atoms. The van der Waals surface area contributed by atoms with E-state index in [0.717, 1.165) is 0 Å². The Kier molecular flexibility index (Phi) is 2.41. The second-order valence-electron chi connectivity index (χ2n) is 1.01. The Hall–Kier alpha value is 0.0569. The molecule has 3 N–H and O–H groups in total. The molecule has 0 spiro atoms. The molecule has 0 atom stereocenters. The van der Waals surface area contributed by atoms with Crippen molar-refractivity contribution in [2.75, 3.05) is 6.61 Å². The molecule has 0 amide bonds. The van der Waals surface area contributed by atoms with Crippen LogP contribution in [0.3, 0.4) is 0 Å². The molecular weight excluding hydrogens is 116 g/mol. The van der Waals surface area contributed by atoms with Crippen LogP contribution in [0, 0.1) is 0 Å². The Balaban J connectivity index is 3.15. The zero-order valence-electron chi connectivity index (χ0n) is 3.96. The van der Waals surface area contributed by atoms with Crippen molar-refractivity contribution >= 4 is 9.05 Å². The van der Waals surface area contributed by atoms with Gasteiger partial charge >= 0.3 is 9.05 Å². The molecule has 0 aromatic heterocycles. The highest BCUT2D eigenvalue weighted by Crippen LogP contribution is 1.85. The molecule has 5 heteroatoms. The molecule has 0 aliphatic carbocycles. The van der Waals surface area contributed by atoms with Crippen LogP contribution in [-0.4, -0.2) is 30.0 Å². The summed E-state index contributed by atoms with van der Waals surface area (Å²) < 4.78 is 4.03. The Morgan fingerprint density at radius 1 is 1.43 bits per heavy atom. The second kappa shape index (κ2) is 2.39. The van der Waals surface area contributed by atoms with Crippen molar-refractivity contribution in [1.29, 1.82) is 0 Å². The molecule has 0 unspecified atom stereocenters. The van der Waals surface area contributed by atoms with Crippen LogP contribution in [0.25, 0.3) is 0 Å². The smallest absolute Gasteiger partial charge is 0.368 e. The molecule has 0 aromatic carbocycles. The Labute approximate surface area is 42.5 Å². The van der Waals surface area contributed by atoms with Crippen LogP contribution in [0.5, 0.6) is 0 Å². The van der Waals surface area contributed by atoms with E-state index in [-0.39, 0.29) is 6.61 Å². The third kappa shape index (κ3) is 6.06. The highest BCUT2D eigenvalue weighted by Gasteiger charge is 2.28. The molecule has 7 heavy (non-hydrogen) atoms. The van der Waals surface area contributed by atoms with E-state index in [9.17, 15) is 0 Å². The van der Waals surface area contributed by atoms with E-state index in [1.54, 1.807) is 6.92 Å². The molecule has 0 fully saturated rings. The van der Waals surface area contributed by atoms with Gasteiger partial charge in [0.15, 0.2) is 0 Å². The van der Waals surface area contributed by atoms with Gasteiger partial charge in [-0.3, -0.25) is 0 Å². The van der Waals surface area contributed by atoms with Crippen LogP contribution < -0.4 is 0 Å². The van der Waals surface area contributed by atoms with Crippen molar-refractivity contribution in [3.8, 4) is 0 Å². The third-order valence-electron chi connectivity index (χ3n) is 0.338. The lowest BCUT2D eigenvalue weighted by Crippen LogP contribution is -2.38. The van der Waals surface area contributed by atoms with E-state index in [4.69, 9.17) is 14.4 Å². The minimum atomic E-state index is -4.16. The summed E-state index contributed by atoms with van der Waals surface area (Å²) in [5.74, 6) is 0. The van der Waals surface area contributed by atoms with Gasteiger partial charge in [-0.05, 0) is 6.92 Å². The van der Waals surface area contributed by atoms with Crippen LogP contribution >= 0.6 is 0 Å². The normalized spacial score (nSPS) is 12.0. The van der Waals surface area contributed by atoms with Crippen LogP contribution in [-0.2, 0) is 4.43 Å². The Morgan fingerprint density at radius 3 is 1.86 bits per heavy atom. The average molecular weight is 124 g/mol. The minimum Gasteiger partial charge on any atom is -0.368 e. The van der Waals surface area contributed by atoms with Crippen molar-refractivity contribution in [1.82, 2.24) is 0 Å². The van der Waals surface area contributed by atoms with E-state index in [0.29, 0.717) is 0 Å². The maximum absolute atomic E-state index is 8.05. The van der Waals surface area contributed by atoms with Gasteiger partial charge in [0.25, 0.3) is 0 Å². The van der Waals surface area contributed by atoms with Gasteiger partial charge in [-0.25, -0.2) is 0 Å². The van der Waals surface area contributed by atoms with Crippen molar-refractivity contribution in [3.05, 3.63) is 0 Å². The SMILES string of the molecule is CCO[Si](O)(O)O. The first kappa shape index (κ1) is 7.06. The molecule has 0 aromatic rings. The fraction of sp³-hybridized carbons (Fsp3) is 1.00. The van der Waals surface area contributed by atoms with Crippen molar-refractivity contribution < 1.29 is 18.8 Å². The molecule has 0 rings (SSSR count). The maximum Gasteiger partial charge on any atom is 0.671 e. The number of hydrogen-bond donors (Lipinski definition) is 3. The van der Waals surface area contributed by atoms with Crippen LogP contribution in [0.2, 0.25) is 0 Å². The summed E-state index contributed by atoms with van der Waals surface area (Å²) in [5.41, 5.74) is 0. The lowest BCUT2D eigenvalue weighted by atomic mass is 10.9. The average Bonchev–Trinajstić information content (AvgIpc) is 1.30. The van der Waals surface area contributed by atoms with Crippen LogP contribution in [0.15, 0.2) is 0 Å². The standard InChI is InChI=1S/C2H8O4Si/c1-2-6-7(3,4)5/h3-5H,2H2,1H3. The van der Waals surface area contributed by atoms with Crippen LogP contribution in [0.4, 0.5) is 0 Å². The topological polar surface area (TPSA) is 69.9 Å². The minimum absolute atomic E-state index is 0.121. The molecule has 0 radical (unpaired) electrons. The van der Waals surface area contributed by atoms with Gasteiger partial charge in [-0.15, -0.1) is 0 Å². The van der Waals surface area contributed by atoms with Crippen molar-refractivity contribution in [2.24, 2.45) is 0 Å². The summed E-state index contributed by atoms with van der Waals surface area (Å²) in [6.45, 7) is 1.68. The largest absolute Gasteiger partial charge is 0.671 e. The molecule has 0 aliphatic rings. The number of hydrogen-bond acceptors (Lipinski definition) is 4. The first-order valence-electron chi connectivity index (χ1n) is 1.87. The molecule has 0 saturated heterocycles. The fourth-order valence-corrected chi connectivity index (χ4v) is 0.581. The van der Waals surface area contributed by atoms with Gasteiger partial charge in [0, 0.05) is 6.61 Å². The predicted molar refractivity (Wildman–Crippen MR) is 24.0 cm³/mol. The molecule has 0 heterocycles. The summed E-state index contributed by atoms with van der Waals surface area (Å²) >= 11 is 0. The first-order valence-corrected chi connectivity index (χ1v) is 3.62. The third-order valence-corrected chi connectivity index (χ3v) is 1.01. The first-order chi connectivity index (χ1) is 3.06. The zero-order valence-corrected chi connectivity index (χ0v) is 4.96. The highest BCUT2D eigenvalue weighted by molar-refractivity contribution is 6.48. The number of rotatable bonds is 2. The molecular formula is C2H8O4Si. The summed E-state index contributed by atoms with van der Waals surface area (Å²) in [4.78, 5) is 24.1. The summed E-state index contributed by atoms with van der Waals surface area (Å²) in [6.07, 6.45) is 0. The zero-order chi connectivity index (χ0) is 5.91. The Morgan fingerprint density at radius 2 is 1.86 bits per heavy atom. The highest BCUT2D eigenvalue weighted by atomic mass is 28.4. The monoisotopic (exact) mass is 124 g/mol. The second-order valence-corrected chi connectivity index (χ2v) is 2.44. The molecule has 0 saturated carbocycles. The Bertz CT molecular complexity index is 48.1. The summed E-state index contributed by atoms with van der Waals surface area (Å²) in [7, 11) is -4.16. The van der Waals surface area contributed by atoms with Gasteiger partial charge in [-0.2, -0.15) is 0 Å². The molecule has 44 valence electrons. The van der Waals surface area contributed by atoms with Gasteiger partial charge in [-0.1, -0.05) is 0 Å². The van der Waals surface area contributed by atoms with E-state index in [1.165, 1.54) is 0 Å². The van der Waals surface area contributed by atoms with E-state index in [1.807, 2.05) is 0 Å². The predicted octanol–water partition coefficient (Wildman–Crippen LogP) is -1.56. The summed E-state index contributed by atoms with van der Waals surface area (Å²) in [6, 6.07) is 0. The van der Waals surface area contributed by atoms with Gasteiger partial charge in [0.05, 0.1) is 0 Å². The quantitative estimate of drug-likeness (QED) is 0.389. The van der Waals surface area contributed by atoms with Gasteiger partial charge < -0.3 is 18.8 Å². The molecule has 4 nitrogen and oxygen atoms in total. The molecule has 0 aliphatic heterocycles.